The third-order valence-corrected chi connectivity index (χ3v) is 6.33. The summed E-state index contributed by atoms with van der Waals surface area (Å²) in [5.41, 5.74) is 8.05. The van der Waals surface area contributed by atoms with E-state index in [4.69, 9.17) is 10.5 Å². The third-order valence-electron chi connectivity index (χ3n) is 6.33. The lowest BCUT2D eigenvalue weighted by Crippen LogP contribution is -2.43. The predicted molar refractivity (Wildman–Crippen MR) is 145 cm³/mol. The Hall–Kier alpha value is -4.70. The molecule has 1 aliphatic rings. The van der Waals surface area contributed by atoms with Gasteiger partial charge >= 0.3 is 6.18 Å². The fourth-order valence-electron chi connectivity index (χ4n) is 4.51. The van der Waals surface area contributed by atoms with Gasteiger partial charge in [-0.25, -0.2) is 19.3 Å². The first-order valence-electron chi connectivity index (χ1n) is 12.7. The fraction of sp³-hybridized carbons (Fsp3) is 0.286. The van der Waals surface area contributed by atoms with Crippen LogP contribution in [0.25, 0.3) is 11.4 Å². The zero-order chi connectivity index (χ0) is 29.0. The van der Waals surface area contributed by atoms with Crippen LogP contribution in [0.1, 0.15) is 24.0 Å². The summed E-state index contributed by atoms with van der Waals surface area (Å²) in [6.07, 6.45) is 3.02. The molecule has 13 heteroatoms. The minimum Gasteiger partial charge on any atom is -0.496 e. The second-order valence-electron chi connectivity index (χ2n) is 9.43. The van der Waals surface area contributed by atoms with Crippen molar-refractivity contribution in [2.24, 2.45) is 5.73 Å². The lowest BCUT2D eigenvalue weighted by atomic mass is 10.0. The summed E-state index contributed by atoms with van der Waals surface area (Å²) in [6.45, 7) is 0.161. The molecule has 0 spiro atoms. The molecule has 1 atom stereocenters. The Morgan fingerprint density at radius 2 is 2.00 bits per heavy atom. The van der Waals surface area contributed by atoms with Crippen molar-refractivity contribution >= 4 is 17.3 Å². The van der Waals surface area contributed by atoms with Crippen molar-refractivity contribution in [1.82, 2.24) is 24.7 Å². The number of aromatic nitrogens is 5. The van der Waals surface area contributed by atoms with Crippen LogP contribution in [0.5, 0.6) is 5.75 Å². The summed E-state index contributed by atoms with van der Waals surface area (Å²) in [6, 6.07) is 7.88. The van der Waals surface area contributed by atoms with Crippen LogP contribution in [0.2, 0.25) is 0 Å². The molecule has 4 heterocycles. The molecule has 9 nitrogen and oxygen atoms in total. The molecule has 0 unspecified atom stereocenters. The van der Waals surface area contributed by atoms with E-state index in [1.54, 1.807) is 24.4 Å². The number of hydrogen-bond acceptors (Lipinski definition) is 8. The summed E-state index contributed by atoms with van der Waals surface area (Å²) in [7, 11) is 1.44. The van der Waals surface area contributed by atoms with E-state index in [2.05, 4.69) is 42.1 Å². The summed E-state index contributed by atoms with van der Waals surface area (Å²) < 4.78 is 58.8. The van der Waals surface area contributed by atoms with E-state index in [-0.39, 0.29) is 17.4 Å². The quantitative estimate of drug-likeness (QED) is 0.259. The topological polar surface area (TPSA) is 107 Å². The molecule has 1 aromatic carbocycles. The molecular weight excluding hydrogens is 540 g/mol. The van der Waals surface area contributed by atoms with Gasteiger partial charge in [0.25, 0.3) is 0 Å². The number of methoxy groups -OCH3 is 1. The molecule has 0 radical (unpaired) electrons. The van der Waals surface area contributed by atoms with Crippen molar-refractivity contribution in [2.75, 3.05) is 30.4 Å². The maximum atomic E-state index is 14.6. The van der Waals surface area contributed by atoms with Crippen LogP contribution in [-0.2, 0) is 6.54 Å². The van der Waals surface area contributed by atoms with Gasteiger partial charge < -0.3 is 20.7 Å². The summed E-state index contributed by atoms with van der Waals surface area (Å²) in [5.74, 6) is 6.66. The van der Waals surface area contributed by atoms with Crippen LogP contribution >= 0.6 is 0 Å². The van der Waals surface area contributed by atoms with Gasteiger partial charge in [0, 0.05) is 43.8 Å². The lowest BCUT2D eigenvalue weighted by molar-refractivity contribution is -0.142. The third kappa shape index (κ3) is 6.90. The van der Waals surface area contributed by atoms with Gasteiger partial charge in [0.15, 0.2) is 5.82 Å². The van der Waals surface area contributed by atoms with E-state index in [0.717, 1.165) is 29.8 Å². The Morgan fingerprint density at radius 3 is 2.78 bits per heavy atom. The molecule has 1 aliphatic heterocycles. The first-order chi connectivity index (χ1) is 19.7. The number of pyridine rings is 1. The number of alkyl halides is 3. The maximum absolute atomic E-state index is 14.6. The average Bonchev–Trinajstić information content (AvgIpc) is 3.37. The van der Waals surface area contributed by atoms with E-state index in [1.165, 1.54) is 37.8 Å². The molecule has 0 saturated carbocycles. The molecule has 3 N–H and O–H groups in total. The molecule has 5 rings (SSSR count). The predicted octanol–water partition coefficient (Wildman–Crippen LogP) is 4.52. The van der Waals surface area contributed by atoms with Gasteiger partial charge in [-0.15, -0.1) is 0 Å². The van der Waals surface area contributed by atoms with E-state index in [9.17, 15) is 17.6 Å². The number of nitrogens with two attached hydrogens (primary N) is 1. The summed E-state index contributed by atoms with van der Waals surface area (Å²) >= 11 is 0. The second-order valence-corrected chi connectivity index (χ2v) is 9.43. The molecule has 0 bridgehead atoms. The number of ether oxygens (including phenoxy) is 1. The molecule has 1 fully saturated rings. The van der Waals surface area contributed by atoms with Gasteiger partial charge in [0.2, 0.25) is 0 Å². The Bertz CT molecular complexity index is 1590. The van der Waals surface area contributed by atoms with Crippen molar-refractivity contribution in [1.29, 1.82) is 0 Å². The number of piperidine rings is 1. The number of anilines is 3. The van der Waals surface area contributed by atoms with E-state index < -0.39 is 18.5 Å². The highest BCUT2D eigenvalue weighted by atomic mass is 19.4. The Kier molecular flexibility index (Phi) is 8.02. The standard InChI is InChI=1S/C28H26F4N8O/c1-41-23-6-2-5-21(29)26(23)27-34-10-9-24(38-27)37-25-12-22(39-11-3-4-20(33)16-39)19(14-35-25)8-7-18-13-36-40(15-18)17-28(30,31)32/h2,5-6,9-10,12-15,20H,3-4,11,16-17,33H2,1H3,(H,34,35,37,38)/t20-/m0/s1. The minimum atomic E-state index is -4.38. The molecule has 0 aliphatic carbocycles. The highest BCUT2D eigenvalue weighted by molar-refractivity contribution is 5.69. The van der Waals surface area contributed by atoms with Crippen molar-refractivity contribution in [3.63, 3.8) is 0 Å². The highest BCUT2D eigenvalue weighted by Gasteiger charge is 2.28. The first-order valence-corrected chi connectivity index (χ1v) is 12.7. The van der Waals surface area contributed by atoms with Crippen molar-refractivity contribution < 1.29 is 22.3 Å². The van der Waals surface area contributed by atoms with Crippen LogP contribution in [-0.4, -0.2) is 57.1 Å². The number of nitrogens with zero attached hydrogens (tertiary/aromatic N) is 6. The van der Waals surface area contributed by atoms with Gasteiger partial charge in [-0.2, -0.15) is 18.3 Å². The van der Waals surface area contributed by atoms with Gasteiger partial charge in [-0.05, 0) is 31.0 Å². The Balaban J connectivity index is 1.44. The van der Waals surface area contributed by atoms with Crippen LogP contribution < -0.4 is 20.7 Å². The SMILES string of the molecule is COc1cccc(F)c1-c1nccc(Nc2cc(N3CCC[C@H](N)C3)c(C#Cc3cnn(CC(F)(F)F)c3)cn2)n1. The van der Waals surface area contributed by atoms with Gasteiger partial charge in [0.05, 0.1) is 35.7 Å². The normalized spacial score (nSPS) is 15.3. The minimum absolute atomic E-state index is 0.0186. The van der Waals surface area contributed by atoms with Crippen molar-refractivity contribution in [2.45, 2.75) is 31.6 Å². The molecule has 4 aromatic rings. The number of halogens is 4. The monoisotopic (exact) mass is 566 g/mol. The number of nitrogens with one attached hydrogen (secondary N) is 1. The summed E-state index contributed by atoms with van der Waals surface area (Å²) in [4.78, 5) is 15.2. The van der Waals surface area contributed by atoms with Crippen LogP contribution in [0.3, 0.4) is 0 Å². The van der Waals surface area contributed by atoms with E-state index in [0.29, 0.717) is 35.1 Å². The smallest absolute Gasteiger partial charge is 0.408 e. The number of hydrogen-bond donors (Lipinski definition) is 2. The molecule has 212 valence electrons. The fourth-order valence-corrected chi connectivity index (χ4v) is 4.51. The average molecular weight is 567 g/mol. The van der Waals surface area contributed by atoms with E-state index >= 15 is 0 Å². The number of benzene rings is 1. The second kappa shape index (κ2) is 11.8. The molecule has 1 saturated heterocycles. The largest absolute Gasteiger partial charge is 0.496 e. The zero-order valence-electron chi connectivity index (χ0n) is 22.0. The molecular formula is C28H26F4N8O. The Labute approximate surface area is 233 Å². The lowest BCUT2D eigenvalue weighted by Gasteiger charge is -2.33. The first kappa shape index (κ1) is 27.9. The van der Waals surface area contributed by atoms with Gasteiger partial charge in [0.1, 0.15) is 29.7 Å². The number of rotatable bonds is 6. The van der Waals surface area contributed by atoms with Crippen LogP contribution in [0, 0.1) is 17.7 Å². The Morgan fingerprint density at radius 1 is 1.15 bits per heavy atom. The molecule has 0 amide bonds. The molecule has 41 heavy (non-hydrogen) atoms. The van der Waals surface area contributed by atoms with Crippen LogP contribution in [0.15, 0.2) is 55.1 Å². The van der Waals surface area contributed by atoms with Crippen molar-refractivity contribution in [3.8, 4) is 29.0 Å². The van der Waals surface area contributed by atoms with Gasteiger partial charge in [-0.3, -0.25) is 4.68 Å². The highest BCUT2D eigenvalue weighted by Crippen LogP contribution is 2.31. The van der Waals surface area contributed by atoms with E-state index in [1.807, 2.05) is 0 Å². The molecule has 3 aromatic heterocycles. The zero-order valence-corrected chi connectivity index (χ0v) is 22.0. The van der Waals surface area contributed by atoms with Gasteiger partial charge in [-0.1, -0.05) is 17.9 Å². The maximum Gasteiger partial charge on any atom is 0.408 e. The van der Waals surface area contributed by atoms with Crippen LogP contribution in [0.4, 0.5) is 34.9 Å². The summed E-state index contributed by atoms with van der Waals surface area (Å²) in [5, 5.41) is 6.88. The van der Waals surface area contributed by atoms with Crippen molar-refractivity contribution in [3.05, 3.63) is 72.1 Å².